The van der Waals surface area contributed by atoms with Gasteiger partial charge in [-0.1, -0.05) is 12.1 Å². The van der Waals surface area contributed by atoms with Crippen molar-refractivity contribution in [3.63, 3.8) is 0 Å². The van der Waals surface area contributed by atoms with Crippen molar-refractivity contribution in [2.45, 2.75) is 6.54 Å². The molecule has 6 heteroatoms. The Bertz CT molecular complexity index is 789. The lowest BCUT2D eigenvalue weighted by atomic mass is 10.1. The minimum absolute atomic E-state index is 0.201. The number of hydrogen-bond donors (Lipinski definition) is 0. The highest BCUT2D eigenvalue weighted by molar-refractivity contribution is 6.52. The number of anilines is 1. The lowest BCUT2D eigenvalue weighted by Crippen LogP contribution is -2.38. The minimum Gasteiger partial charge on any atom is -0.497 e. The summed E-state index contributed by atoms with van der Waals surface area (Å²) in [5.41, 5.74) is 1.61. The van der Waals surface area contributed by atoms with Gasteiger partial charge in [-0.3, -0.25) is 19.4 Å². The Balaban J connectivity index is 1.74. The van der Waals surface area contributed by atoms with Crippen LogP contribution in [0, 0.1) is 5.82 Å². The predicted molar refractivity (Wildman–Crippen MR) is 87.5 cm³/mol. The standard InChI is InChI=1S/C18H17FN2O3/c1-20(10-12-3-6-14(24-2)7-4-12)11-21-16-9-13(19)5-8-15(16)17(22)18(21)23/h3-9H,10-11H2,1-2H3. The van der Waals surface area contributed by atoms with E-state index in [2.05, 4.69) is 0 Å². The number of Topliss-reactive ketones (excluding diaryl/α,β-unsaturated/α-hetero) is 1. The SMILES string of the molecule is COc1ccc(CN(C)CN2C(=O)C(=O)c3ccc(F)cc32)cc1. The number of ether oxygens (including phenoxy) is 1. The smallest absolute Gasteiger partial charge is 0.300 e. The number of hydrogen-bond acceptors (Lipinski definition) is 4. The van der Waals surface area contributed by atoms with Gasteiger partial charge in [-0.25, -0.2) is 4.39 Å². The second-order valence-electron chi connectivity index (χ2n) is 5.73. The first-order valence-corrected chi connectivity index (χ1v) is 7.47. The molecule has 0 bridgehead atoms. The lowest BCUT2D eigenvalue weighted by Gasteiger charge is -2.24. The quantitative estimate of drug-likeness (QED) is 0.791. The van der Waals surface area contributed by atoms with Crippen LogP contribution in [0.5, 0.6) is 5.75 Å². The molecule has 0 saturated carbocycles. The van der Waals surface area contributed by atoms with Gasteiger partial charge in [-0.05, 0) is 42.9 Å². The van der Waals surface area contributed by atoms with E-state index < -0.39 is 17.5 Å². The molecule has 0 saturated heterocycles. The van der Waals surface area contributed by atoms with Gasteiger partial charge < -0.3 is 4.74 Å². The third kappa shape index (κ3) is 3.00. The fourth-order valence-electron chi connectivity index (χ4n) is 2.74. The second-order valence-corrected chi connectivity index (χ2v) is 5.73. The van der Waals surface area contributed by atoms with Gasteiger partial charge in [0.05, 0.1) is 25.0 Å². The number of benzene rings is 2. The molecule has 0 spiro atoms. The van der Waals surface area contributed by atoms with E-state index in [0.717, 1.165) is 11.3 Å². The molecule has 124 valence electrons. The van der Waals surface area contributed by atoms with E-state index in [1.165, 1.54) is 23.1 Å². The van der Waals surface area contributed by atoms with Crippen LogP contribution in [0.25, 0.3) is 0 Å². The molecule has 1 aliphatic heterocycles. The van der Waals surface area contributed by atoms with Gasteiger partial charge in [0, 0.05) is 6.54 Å². The monoisotopic (exact) mass is 328 g/mol. The van der Waals surface area contributed by atoms with Crippen LogP contribution in [0.15, 0.2) is 42.5 Å². The summed E-state index contributed by atoms with van der Waals surface area (Å²) in [5.74, 6) is -0.926. The fraction of sp³-hybridized carbons (Fsp3) is 0.222. The van der Waals surface area contributed by atoms with Crippen LogP contribution in [0.1, 0.15) is 15.9 Å². The van der Waals surface area contributed by atoms with Crippen LogP contribution >= 0.6 is 0 Å². The summed E-state index contributed by atoms with van der Waals surface area (Å²) >= 11 is 0. The molecular weight excluding hydrogens is 311 g/mol. The van der Waals surface area contributed by atoms with Crippen molar-refractivity contribution < 1.29 is 18.7 Å². The minimum atomic E-state index is -0.628. The van der Waals surface area contributed by atoms with Crippen LogP contribution < -0.4 is 9.64 Å². The van der Waals surface area contributed by atoms with Gasteiger partial charge in [0.15, 0.2) is 0 Å². The molecule has 0 fully saturated rings. The summed E-state index contributed by atoms with van der Waals surface area (Å²) < 4.78 is 18.6. The summed E-state index contributed by atoms with van der Waals surface area (Å²) in [7, 11) is 3.44. The Hall–Kier alpha value is -2.73. The fourth-order valence-corrected chi connectivity index (χ4v) is 2.74. The number of nitrogens with zero attached hydrogens (tertiary/aromatic N) is 2. The first-order valence-electron chi connectivity index (χ1n) is 7.47. The summed E-state index contributed by atoms with van der Waals surface area (Å²) in [5, 5.41) is 0. The number of carbonyl (C=O) groups excluding carboxylic acids is 2. The lowest BCUT2D eigenvalue weighted by molar-refractivity contribution is -0.114. The second kappa shape index (κ2) is 6.41. The number of amides is 1. The molecule has 24 heavy (non-hydrogen) atoms. The molecule has 0 aliphatic carbocycles. The molecule has 0 aromatic heterocycles. The van der Waals surface area contributed by atoms with Gasteiger partial charge in [0.2, 0.25) is 0 Å². The molecule has 3 rings (SSSR count). The normalized spacial score (nSPS) is 13.6. The van der Waals surface area contributed by atoms with Crippen molar-refractivity contribution in [3.05, 3.63) is 59.4 Å². The molecule has 2 aromatic rings. The topological polar surface area (TPSA) is 49.9 Å². The predicted octanol–water partition coefficient (Wildman–Crippen LogP) is 2.45. The van der Waals surface area contributed by atoms with E-state index in [-0.39, 0.29) is 12.2 Å². The molecule has 0 radical (unpaired) electrons. The number of ketones is 1. The van der Waals surface area contributed by atoms with Gasteiger partial charge in [-0.15, -0.1) is 0 Å². The molecular formula is C18H17FN2O3. The molecule has 0 unspecified atom stereocenters. The van der Waals surface area contributed by atoms with E-state index in [1.807, 2.05) is 36.2 Å². The molecule has 2 aromatic carbocycles. The maximum atomic E-state index is 13.5. The summed E-state index contributed by atoms with van der Waals surface area (Å²) in [6.45, 7) is 0.777. The molecule has 0 atom stereocenters. The van der Waals surface area contributed by atoms with E-state index in [0.29, 0.717) is 12.2 Å². The zero-order valence-electron chi connectivity index (χ0n) is 13.5. The van der Waals surface area contributed by atoms with Crippen molar-refractivity contribution in [2.24, 2.45) is 0 Å². The van der Waals surface area contributed by atoms with E-state index in [1.54, 1.807) is 7.11 Å². The van der Waals surface area contributed by atoms with Crippen molar-refractivity contribution in [1.82, 2.24) is 4.90 Å². The summed E-state index contributed by atoms with van der Waals surface area (Å²) in [6.07, 6.45) is 0. The first-order chi connectivity index (χ1) is 11.5. The van der Waals surface area contributed by atoms with Gasteiger partial charge in [0.25, 0.3) is 5.78 Å². The van der Waals surface area contributed by atoms with Crippen molar-refractivity contribution in [1.29, 1.82) is 0 Å². The molecule has 1 aliphatic rings. The van der Waals surface area contributed by atoms with Gasteiger partial charge in [-0.2, -0.15) is 0 Å². The van der Waals surface area contributed by atoms with Crippen LogP contribution in [0.3, 0.4) is 0 Å². The van der Waals surface area contributed by atoms with Crippen molar-refractivity contribution in [2.75, 3.05) is 25.7 Å². The largest absolute Gasteiger partial charge is 0.497 e. The van der Waals surface area contributed by atoms with Crippen LogP contribution in [0.2, 0.25) is 0 Å². The molecule has 5 nitrogen and oxygen atoms in total. The Morgan fingerprint density at radius 1 is 1.12 bits per heavy atom. The highest BCUT2D eigenvalue weighted by Crippen LogP contribution is 2.29. The van der Waals surface area contributed by atoms with Crippen LogP contribution in [-0.4, -0.2) is 37.4 Å². The zero-order valence-corrected chi connectivity index (χ0v) is 13.5. The van der Waals surface area contributed by atoms with E-state index in [4.69, 9.17) is 4.74 Å². The van der Waals surface area contributed by atoms with E-state index in [9.17, 15) is 14.0 Å². The summed E-state index contributed by atoms with van der Waals surface area (Å²) in [4.78, 5) is 27.3. The molecule has 1 heterocycles. The molecule has 0 N–H and O–H groups in total. The van der Waals surface area contributed by atoms with Crippen LogP contribution in [0.4, 0.5) is 10.1 Å². The number of methoxy groups -OCH3 is 1. The Kier molecular flexibility index (Phi) is 4.31. The Labute approximate surface area is 139 Å². The van der Waals surface area contributed by atoms with Crippen molar-refractivity contribution in [3.8, 4) is 5.75 Å². The highest BCUT2D eigenvalue weighted by Gasteiger charge is 2.36. The zero-order chi connectivity index (χ0) is 17.3. The number of fused-ring (bicyclic) bond motifs is 1. The van der Waals surface area contributed by atoms with Crippen molar-refractivity contribution >= 4 is 17.4 Å². The average molecular weight is 328 g/mol. The maximum Gasteiger partial charge on any atom is 0.300 e. The van der Waals surface area contributed by atoms with Gasteiger partial charge >= 0.3 is 5.91 Å². The third-order valence-corrected chi connectivity index (χ3v) is 3.93. The third-order valence-electron chi connectivity index (χ3n) is 3.93. The number of rotatable bonds is 5. The highest BCUT2D eigenvalue weighted by atomic mass is 19.1. The Morgan fingerprint density at radius 2 is 1.83 bits per heavy atom. The number of carbonyl (C=O) groups is 2. The maximum absolute atomic E-state index is 13.5. The Morgan fingerprint density at radius 3 is 2.50 bits per heavy atom. The molecule has 1 amide bonds. The summed E-state index contributed by atoms with van der Waals surface area (Å²) in [6, 6.07) is 11.3. The average Bonchev–Trinajstić information content (AvgIpc) is 2.80. The first kappa shape index (κ1) is 16.1. The van der Waals surface area contributed by atoms with E-state index >= 15 is 0 Å². The number of halogens is 1. The van der Waals surface area contributed by atoms with Crippen LogP contribution in [-0.2, 0) is 11.3 Å². The van der Waals surface area contributed by atoms with Gasteiger partial charge in [0.1, 0.15) is 11.6 Å².